The summed E-state index contributed by atoms with van der Waals surface area (Å²) < 4.78 is 5.03. The molecule has 0 atom stereocenters. The topological polar surface area (TPSA) is 100 Å². The van der Waals surface area contributed by atoms with Gasteiger partial charge < -0.3 is 15.2 Å². The molecule has 0 aliphatic carbocycles. The number of aromatic hydroxyl groups is 1. The Balaban J connectivity index is 1.66. The first-order valence-corrected chi connectivity index (χ1v) is 9.15. The van der Waals surface area contributed by atoms with Gasteiger partial charge in [-0.25, -0.2) is 5.43 Å². The lowest BCUT2D eigenvalue weighted by Crippen LogP contribution is -2.18. The van der Waals surface area contributed by atoms with E-state index >= 15 is 0 Å². The van der Waals surface area contributed by atoms with E-state index in [-0.39, 0.29) is 11.7 Å². The summed E-state index contributed by atoms with van der Waals surface area (Å²) >= 11 is 0. The van der Waals surface area contributed by atoms with Crippen LogP contribution in [0.15, 0.2) is 71.8 Å². The number of amides is 2. The second kappa shape index (κ2) is 9.38. The van der Waals surface area contributed by atoms with Crippen molar-refractivity contribution in [1.82, 2.24) is 5.43 Å². The van der Waals surface area contributed by atoms with Crippen molar-refractivity contribution in [1.29, 1.82) is 0 Å². The van der Waals surface area contributed by atoms with E-state index in [1.807, 2.05) is 19.1 Å². The number of hydrogen-bond acceptors (Lipinski definition) is 5. The van der Waals surface area contributed by atoms with Gasteiger partial charge in [-0.15, -0.1) is 0 Å². The summed E-state index contributed by atoms with van der Waals surface area (Å²) in [5, 5.41) is 16.7. The summed E-state index contributed by atoms with van der Waals surface area (Å²) in [5.74, 6) is -0.486. The molecule has 7 nitrogen and oxygen atoms in total. The molecule has 0 aliphatic rings. The molecule has 0 bridgehead atoms. The molecule has 2 amide bonds. The van der Waals surface area contributed by atoms with Crippen molar-refractivity contribution in [2.45, 2.75) is 6.92 Å². The van der Waals surface area contributed by atoms with Crippen LogP contribution in [0.2, 0.25) is 0 Å². The molecule has 0 heterocycles. The molecule has 0 spiro atoms. The van der Waals surface area contributed by atoms with Crippen molar-refractivity contribution in [2.75, 3.05) is 12.4 Å². The zero-order valence-corrected chi connectivity index (χ0v) is 16.5. The number of carbonyl (C=O) groups is 2. The Morgan fingerprint density at radius 2 is 1.70 bits per heavy atom. The van der Waals surface area contributed by atoms with Gasteiger partial charge >= 0.3 is 0 Å². The highest BCUT2D eigenvalue weighted by atomic mass is 16.5. The molecular formula is C23H21N3O4. The number of phenols is 1. The van der Waals surface area contributed by atoms with Crippen molar-refractivity contribution in [2.24, 2.45) is 5.10 Å². The van der Waals surface area contributed by atoms with Crippen molar-refractivity contribution >= 4 is 23.7 Å². The molecule has 3 aromatic carbocycles. The molecule has 3 aromatic rings. The van der Waals surface area contributed by atoms with Crippen LogP contribution >= 0.6 is 0 Å². The number of hydrogen-bond donors (Lipinski definition) is 3. The Hall–Kier alpha value is -4.13. The van der Waals surface area contributed by atoms with Crippen LogP contribution in [0.5, 0.6) is 11.5 Å². The van der Waals surface area contributed by atoms with Crippen LogP contribution in [0.3, 0.4) is 0 Å². The minimum atomic E-state index is -0.458. The van der Waals surface area contributed by atoms with Crippen LogP contribution in [0, 0.1) is 6.92 Å². The van der Waals surface area contributed by atoms with E-state index < -0.39 is 5.91 Å². The van der Waals surface area contributed by atoms with Gasteiger partial charge in [0.25, 0.3) is 11.8 Å². The fourth-order valence-electron chi connectivity index (χ4n) is 2.68. The number of nitrogens with one attached hydrogen (secondary N) is 2. The van der Waals surface area contributed by atoms with Gasteiger partial charge in [-0.3, -0.25) is 9.59 Å². The number of aryl methyl sites for hydroxylation is 1. The Morgan fingerprint density at radius 1 is 0.967 bits per heavy atom. The van der Waals surface area contributed by atoms with Gasteiger partial charge in [0.2, 0.25) is 0 Å². The van der Waals surface area contributed by atoms with E-state index in [0.29, 0.717) is 28.1 Å². The van der Waals surface area contributed by atoms with E-state index in [9.17, 15) is 14.7 Å². The number of hydrazone groups is 1. The normalized spacial score (nSPS) is 10.6. The van der Waals surface area contributed by atoms with Gasteiger partial charge in [0, 0.05) is 22.4 Å². The van der Waals surface area contributed by atoms with Gasteiger partial charge in [-0.1, -0.05) is 29.8 Å². The number of benzene rings is 3. The number of anilines is 1. The van der Waals surface area contributed by atoms with Crippen LogP contribution < -0.4 is 15.5 Å². The Bertz CT molecular complexity index is 1090. The second-order valence-corrected chi connectivity index (χ2v) is 6.50. The van der Waals surface area contributed by atoms with Crippen LogP contribution in [0.4, 0.5) is 5.69 Å². The van der Waals surface area contributed by atoms with Crippen LogP contribution in [0.1, 0.15) is 31.8 Å². The molecule has 0 radical (unpaired) electrons. The first-order valence-electron chi connectivity index (χ1n) is 9.15. The van der Waals surface area contributed by atoms with E-state index in [4.69, 9.17) is 4.74 Å². The molecule has 30 heavy (non-hydrogen) atoms. The smallest absolute Gasteiger partial charge is 0.271 e. The number of methoxy groups -OCH3 is 1. The summed E-state index contributed by atoms with van der Waals surface area (Å²) in [4.78, 5) is 24.7. The monoisotopic (exact) mass is 403 g/mol. The van der Waals surface area contributed by atoms with Crippen LogP contribution in [0.25, 0.3) is 0 Å². The highest BCUT2D eigenvalue weighted by Gasteiger charge is 2.09. The van der Waals surface area contributed by atoms with Gasteiger partial charge in [-0.05, 0) is 49.4 Å². The molecule has 0 aliphatic heterocycles. The average molecular weight is 403 g/mol. The highest BCUT2D eigenvalue weighted by Crippen LogP contribution is 2.27. The molecule has 0 saturated carbocycles. The SMILES string of the molecule is COc1cccc(/C=N\NC(=O)c2cccc(NC(=O)c3ccc(C)cc3)c2)c1O. The third-order valence-electron chi connectivity index (χ3n) is 4.32. The quantitative estimate of drug-likeness (QED) is 0.431. The predicted molar refractivity (Wildman–Crippen MR) is 115 cm³/mol. The van der Waals surface area contributed by atoms with E-state index in [1.165, 1.54) is 13.3 Å². The maximum absolute atomic E-state index is 12.4. The first kappa shape index (κ1) is 20.6. The Morgan fingerprint density at radius 3 is 2.43 bits per heavy atom. The molecule has 0 fully saturated rings. The lowest BCUT2D eigenvalue weighted by molar-refractivity contribution is 0.0953. The first-order chi connectivity index (χ1) is 14.5. The van der Waals surface area contributed by atoms with E-state index in [2.05, 4.69) is 15.8 Å². The summed E-state index contributed by atoms with van der Waals surface area (Å²) in [5.41, 5.74) is 5.19. The molecule has 0 unspecified atom stereocenters. The molecule has 152 valence electrons. The van der Waals surface area contributed by atoms with Crippen LogP contribution in [-0.2, 0) is 0 Å². The fraction of sp³-hybridized carbons (Fsp3) is 0.0870. The average Bonchev–Trinajstić information content (AvgIpc) is 2.75. The van der Waals surface area contributed by atoms with Gasteiger partial charge in [0.05, 0.1) is 13.3 Å². The lowest BCUT2D eigenvalue weighted by Gasteiger charge is -2.07. The number of nitrogens with zero attached hydrogens (tertiary/aromatic N) is 1. The number of para-hydroxylation sites is 1. The number of carbonyl (C=O) groups excluding carboxylic acids is 2. The minimum absolute atomic E-state index is 0.0705. The Labute approximate surface area is 174 Å². The predicted octanol–water partition coefficient (Wildman–Crippen LogP) is 3.73. The molecular weight excluding hydrogens is 382 g/mol. The molecule has 7 heteroatoms. The minimum Gasteiger partial charge on any atom is -0.504 e. The summed E-state index contributed by atoms with van der Waals surface area (Å²) in [6, 6.07) is 18.7. The van der Waals surface area contributed by atoms with Gasteiger partial charge in [-0.2, -0.15) is 5.10 Å². The highest BCUT2D eigenvalue weighted by molar-refractivity contribution is 6.05. The number of ether oxygens (including phenoxy) is 1. The van der Waals surface area contributed by atoms with Crippen molar-refractivity contribution in [3.8, 4) is 11.5 Å². The number of rotatable bonds is 6. The summed E-state index contributed by atoms with van der Waals surface area (Å²) in [6.07, 6.45) is 1.32. The van der Waals surface area contributed by atoms with Crippen LogP contribution in [-0.4, -0.2) is 30.2 Å². The van der Waals surface area contributed by atoms with Gasteiger partial charge in [0.15, 0.2) is 11.5 Å². The second-order valence-electron chi connectivity index (χ2n) is 6.50. The largest absolute Gasteiger partial charge is 0.504 e. The van der Waals surface area contributed by atoms with E-state index in [1.54, 1.807) is 54.6 Å². The lowest BCUT2D eigenvalue weighted by atomic mass is 10.1. The third kappa shape index (κ3) is 5.02. The number of phenolic OH excluding ortho intramolecular Hbond substituents is 1. The zero-order valence-electron chi connectivity index (χ0n) is 16.5. The molecule has 0 aromatic heterocycles. The van der Waals surface area contributed by atoms with Crippen molar-refractivity contribution < 1.29 is 19.4 Å². The zero-order chi connectivity index (χ0) is 21.5. The van der Waals surface area contributed by atoms with E-state index in [0.717, 1.165) is 5.56 Å². The third-order valence-corrected chi connectivity index (χ3v) is 4.32. The molecule has 0 saturated heterocycles. The maximum atomic E-state index is 12.4. The summed E-state index contributed by atoms with van der Waals surface area (Å²) in [7, 11) is 1.45. The fourth-order valence-corrected chi connectivity index (χ4v) is 2.68. The van der Waals surface area contributed by atoms with Crippen molar-refractivity contribution in [3.05, 3.63) is 89.0 Å². The van der Waals surface area contributed by atoms with Gasteiger partial charge in [0.1, 0.15) is 0 Å². The maximum Gasteiger partial charge on any atom is 0.271 e. The summed E-state index contributed by atoms with van der Waals surface area (Å²) in [6.45, 7) is 1.95. The standard InChI is InChI=1S/C23H21N3O4/c1-15-9-11-16(12-10-15)22(28)25-19-7-3-5-17(13-19)23(29)26-24-14-18-6-4-8-20(30-2)21(18)27/h3-14,27H,1-2H3,(H,25,28)(H,26,29)/b24-14-. The molecule has 3 rings (SSSR count). The molecule has 3 N–H and O–H groups in total. The van der Waals surface area contributed by atoms with Crippen molar-refractivity contribution in [3.63, 3.8) is 0 Å². The Kier molecular flexibility index (Phi) is 6.44.